The number of rotatable bonds is 7. The predicted octanol–water partition coefficient (Wildman–Crippen LogP) is 6.92. The summed E-state index contributed by atoms with van der Waals surface area (Å²) in [6, 6.07) is 27.0. The Balaban J connectivity index is 1.10. The molecule has 0 radical (unpaired) electrons. The Hall–Kier alpha value is -4.55. The number of carbonyl (C=O) groups is 2. The molecule has 0 bridgehead atoms. The molecule has 0 atom stereocenters. The van der Waals surface area contributed by atoms with E-state index in [1.807, 2.05) is 103 Å². The average Bonchev–Trinajstić information content (AvgIpc) is 3.46. The molecule has 1 aromatic heterocycles. The van der Waals surface area contributed by atoms with Crippen molar-refractivity contribution in [3.8, 4) is 11.3 Å². The van der Waals surface area contributed by atoms with Gasteiger partial charge in [0.15, 0.2) is 0 Å². The van der Waals surface area contributed by atoms with Crippen LogP contribution in [0.5, 0.6) is 0 Å². The van der Waals surface area contributed by atoms with Gasteiger partial charge >= 0.3 is 0 Å². The van der Waals surface area contributed by atoms with Gasteiger partial charge in [0.25, 0.3) is 0 Å². The van der Waals surface area contributed by atoms with Crippen LogP contribution in [0.1, 0.15) is 16.9 Å². The third-order valence-electron chi connectivity index (χ3n) is 6.79. The molecule has 0 aliphatic carbocycles. The lowest BCUT2D eigenvalue weighted by Crippen LogP contribution is -2.48. The lowest BCUT2D eigenvalue weighted by Gasteiger charge is -2.35. The van der Waals surface area contributed by atoms with Crippen molar-refractivity contribution < 1.29 is 14.0 Å². The molecule has 202 valence electrons. The summed E-state index contributed by atoms with van der Waals surface area (Å²) in [4.78, 5) is 29.1. The Kier molecular flexibility index (Phi) is 8.47. The Morgan fingerprint density at radius 1 is 0.850 bits per heavy atom. The average molecular weight is 552 g/mol. The van der Waals surface area contributed by atoms with Crippen molar-refractivity contribution in [2.24, 2.45) is 0 Å². The molecule has 1 aliphatic heterocycles. The van der Waals surface area contributed by atoms with Crippen LogP contribution < -0.4 is 10.2 Å². The fraction of sp³-hybridized carbons (Fsp3) is 0.152. The summed E-state index contributed by atoms with van der Waals surface area (Å²) in [6.07, 6.45) is 6.58. The minimum absolute atomic E-state index is 0.0277. The molecule has 2 amide bonds. The van der Waals surface area contributed by atoms with E-state index in [1.165, 1.54) is 6.08 Å². The van der Waals surface area contributed by atoms with Crippen molar-refractivity contribution in [3.05, 3.63) is 119 Å². The molecule has 5 rings (SSSR count). The number of carbonyl (C=O) groups excluding carboxylic acids is 2. The highest BCUT2D eigenvalue weighted by molar-refractivity contribution is 6.31. The van der Waals surface area contributed by atoms with Gasteiger partial charge in [-0.15, -0.1) is 0 Å². The summed E-state index contributed by atoms with van der Waals surface area (Å²) in [5.41, 5.74) is 4.65. The van der Waals surface area contributed by atoms with Gasteiger partial charge in [-0.1, -0.05) is 54.1 Å². The fourth-order valence-corrected chi connectivity index (χ4v) is 4.64. The predicted molar refractivity (Wildman–Crippen MR) is 162 cm³/mol. The topological polar surface area (TPSA) is 65.8 Å². The van der Waals surface area contributed by atoms with Crippen LogP contribution >= 0.6 is 11.6 Å². The Bertz CT molecular complexity index is 1530. The molecule has 40 heavy (non-hydrogen) atoms. The number of aryl methyl sites for hydroxylation is 1. The molecule has 4 aromatic rings. The van der Waals surface area contributed by atoms with Crippen LogP contribution in [-0.2, 0) is 9.59 Å². The molecule has 1 fully saturated rings. The Labute approximate surface area is 239 Å². The Morgan fingerprint density at radius 2 is 1.60 bits per heavy atom. The van der Waals surface area contributed by atoms with Crippen LogP contribution in [0.15, 0.2) is 101 Å². The van der Waals surface area contributed by atoms with E-state index >= 15 is 0 Å². The van der Waals surface area contributed by atoms with Gasteiger partial charge < -0.3 is 19.5 Å². The number of hydrogen-bond acceptors (Lipinski definition) is 4. The second kappa shape index (κ2) is 12.5. The zero-order valence-corrected chi connectivity index (χ0v) is 23.0. The molecule has 0 unspecified atom stereocenters. The van der Waals surface area contributed by atoms with E-state index in [-0.39, 0.29) is 11.8 Å². The lowest BCUT2D eigenvalue weighted by atomic mass is 10.1. The third-order valence-corrected chi connectivity index (χ3v) is 7.20. The fourth-order valence-electron chi connectivity index (χ4n) is 4.46. The number of piperazine rings is 1. The van der Waals surface area contributed by atoms with E-state index in [4.69, 9.17) is 16.0 Å². The zero-order chi connectivity index (χ0) is 27.9. The van der Waals surface area contributed by atoms with E-state index in [9.17, 15) is 9.59 Å². The van der Waals surface area contributed by atoms with Gasteiger partial charge in [0.1, 0.15) is 11.5 Å². The minimum Gasteiger partial charge on any atom is -0.457 e. The molecule has 0 spiro atoms. The second-order valence-electron chi connectivity index (χ2n) is 9.59. The van der Waals surface area contributed by atoms with Crippen molar-refractivity contribution in [2.45, 2.75) is 6.92 Å². The van der Waals surface area contributed by atoms with Crippen molar-refractivity contribution >= 4 is 46.9 Å². The summed E-state index contributed by atoms with van der Waals surface area (Å²) in [7, 11) is 0. The van der Waals surface area contributed by atoms with Crippen molar-refractivity contribution in [2.75, 3.05) is 36.4 Å². The normalized spacial score (nSPS) is 13.8. The Morgan fingerprint density at radius 3 is 2.33 bits per heavy atom. The summed E-state index contributed by atoms with van der Waals surface area (Å²) in [6.45, 7) is 4.77. The molecule has 1 N–H and O–H groups in total. The van der Waals surface area contributed by atoms with Gasteiger partial charge in [-0.3, -0.25) is 9.59 Å². The number of nitrogens with one attached hydrogen (secondary N) is 1. The van der Waals surface area contributed by atoms with Gasteiger partial charge in [-0.25, -0.2) is 0 Å². The van der Waals surface area contributed by atoms with Crippen LogP contribution in [0.25, 0.3) is 23.5 Å². The van der Waals surface area contributed by atoms with Crippen LogP contribution in [0.2, 0.25) is 5.02 Å². The largest absolute Gasteiger partial charge is 0.457 e. The quantitative estimate of drug-likeness (QED) is 0.253. The molecule has 1 saturated heterocycles. The maximum atomic E-state index is 12.6. The molecule has 3 aromatic carbocycles. The highest BCUT2D eigenvalue weighted by Gasteiger charge is 2.20. The van der Waals surface area contributed by atoms with Crippen LogP contribution in [0.3, 0.4) is 0 Å². The van der Waals surface area contributed by atoms with Gasteiger partial charge in [0.05, 0.1) is 0 Å². The molecule has 1 aliphatic rings. The van der Waals surface area contributed by atoms with Gasteiger partial charge in [-0.2, -0.15) is 0 Å². The molecule has 6 nitrogen and oxygen atoms in total. The van der Waals surface area contributed by atoms with E-state index < -0.39 is 0 Å². The molecular formula is C33H30ClN3O3. The van der Waals surface area contributed by atoms with Crippen LogP contribution in [0.4, 0.5) is 11.4 Å². The number of halogens is 1. The van der Waals surface area contributed by atoms with Gasteiger partial charge in [0, 0.05) is 60.3 Å². The first-order valence-electron chi connectivity index (χ1n) is 13.2. The highest BCUT2D eigenvalue weighted by atomic mass is 35.5. The molecule has 0 saturated carbocycles. The van der Waals surface area contributed by atoms with Gasteiger partial charge in [-0.05, 0) is 72.7 Å². The van der Waals surface area contributed by atoms with E-state index in [2.05, 4.69) is 10.2 Å². The number of benzene rings is 3. The van der Waals surface area contributed by atoms with E-state index in [0.29, 0.717) is 35.3 Å². The number of amides is 2. The first-order valence-corrected chi connectivity index (χ1v) is 13.5. The molecular weight excluding hydrogens is 522 g/mol. The van der Waals surface area contributed by atoms with E-state index in [1.54, 1.807) is 12.2 Å². The van der Waals surface area contributed by atoms with Crippen LogP contribution in [0, 0.1) is 6.92 Å². The monoisotopic (exact) mass is 551 g/mol. The zero-order valence-electron chi connectivity index (χ0n) is 22.2. The van der Waals surface area contributed by atoms with E-state index in [0.717, 1.165) is 35.5 Å². The third kappa shape index (κ3) is 6.90. The standard InChI is InChI=1S/C33H30ClN3O3/c1-24-7-9-26(23-30(24)34)31-16-14-29(40-31)15-17-32(38)35-27-10-12-28(13-11-27)36-19-21-37(22-20-36)33(39)18-8-25-5-3-2-4-6-25/h2-18,23H,19-22H2,1H3,(H,35,38)/b17-15+,18-8+. The van der Waals surface area contributed by atoms with Crippen molar-refractivity contribution in [3.63, 3.8) is 0 Å². The molecule has 7 heteroatoms. The maximum Gasteiger partial charge on any atom is 0.248 e. The summed E-state index contributed by atoms with van der Waals surface area (Å²) >= 11 is 6.22. The number of hydrogen-bond donors (Lipinski definition) is 1. The number of anilines is 2. The SMILES string of the molecule is Cc1ccc(-c2ccc(/C=C/C(=O)Nc3ccc(N4CCN(C(=O)/C=C/c5ccccc5)CC4)cc3)o2)cc1Cl. The summed E-state index contributed by atoms with van der Waals surface area (Å²) in [5, 5.41) is 3.56. The van der Waals surface area contributed by atoms with Crippen LogP contribution in [-0.4, -0.2) is 42.9 Å². The smallest absolute Gasteiger partial charge is 0.248 e. The number of nitrogens with zero attached hydrogens (tertiary/aromatic N) is 2. The molecule has 2 heterocycles. The van der Waals surface area contributed by atoms with Crippen molar-refractivity contribution in [1.29, 1.82) is 0 Å². The number of furan rings is 1. The second-order valence-corrected chi connectivity index (χ2v) is 10.00. The lowest BCUT2D eigenvalue weighted by molar-refractivity contribution is -0.126. The minimum atomic E-state index is -0.250. The summed E-state index contributed by atoms with van der Waals surface area (Å²) in [5.74, 6) is 1.04. The van der Waals surface area contributed by atoms with Crippen molar-refractivity contribution in [1.82, 2.24) is 4.90 Å². The summed E-state index contributed by atoms with van der Waals surface area (Å²) < 4.78 is 5.84. The highest BCUT2D eigenvalue weighted by Crippen LogP contribution is 2.27. The maximum absolute atomic E-state index is 12.6. The first-order chi connectivity index (χ1) is 19.4. The van der Waals surface area contributed by atoms with Gasteiger partial charge in [0.2, 0.25) is 11.8 Å². The first kappa shape index (κ1) is 27.0.